The van der Waals surface area contributed by atoms with Crippen LogP contribution in [0.1, 0.15) is 12.0 Å². The Hall–Kier alpha value is -0.280. The number of halogens is 2. The molecule has 0 radical (unpaired) electrons. The molecular weight excluding hydrogens is 233 g/mol. The van der Waals surface area contributed by atoms with Gasteiger partial charge in [-0.2, -0.15) is 0 Å². The summed E-state index contributed by atoms with van der Waals surface area (Å²) in [6, 6.07) is 6.14. The Morgan fingerprint density at radius 2 is 2.27 bits per heavy atom. The van der Waals surface area contributed by atoms with Crippen LogP contribution < -0.4 is 5.32 Å². The van der Waals surface area contributed by atoms with Gasteiger partial charge in [0, 0.05) is 19.2 Å². The Morgan fingerprint density at radius 1 is 1.40 bits per heavy atom. The van der Waals surface area contributed by atoms with Crippen molar-refractivity contribution in [1.29, 1.82) is 0 Å². The van der Waals surface area contributed by atoms with E-state index in [1.165, 1.54) is 0 Å². The van der Waals surface area contributed by atoms with Gasteiger partial charge in [0.25, 0.3) is 0 Å². The first kappa shape index (κ1) is 11.2. The van der Waals surface area contributed by atoms with E-state index in [1.54, 1.807) is 6.07 Å². The van der Waals surface area contributed by atoms with Crippen molar-refractivity contribution in [2.24, 2.45) is 0 Å². The summed E-state index contributed by atoms with van der Waals surface area (Å²) in [7, 11) is 0. The molecule has 1 fully saturated rings. The second-order valence-corrected chi connectivity index (χ2v) is 4.44. The Morgan fingerprint density at radius 3 is 3.00 bits per heavy atom. The van der Waals surface area contributed by atoms with Crippen molar-refractivity contribution in [1.82, 2.24) is 5.32 Å². The lowest BCUT2D eigenvalue weighted by Gasteiger charge is -2.11. The fraction of sp³-hybridized carbons (Fsp3) is 0.455. The second kappa shape index (κ2) is 5.17. The van der Waals surface area contributed by atoms with Gasteiger partial charge in [0.2, 0.25) is 0 Å². The highest BCUT2D eigenvalue weighted by molar-refractivity contribution is 6.42. The van der Waals surface area contributed by atoms with E-state index in [0.29, 0.717) is 16.1 Å². The summed E-state index contributed by atoms with van der Waals surface area (Å²) >= 11 is 12.0. The molecule has 0 bridgehead atoms. The summed E-state index contributed by atoms with van der Waals surface area (Å²) in [5.41, 5.74) is 1.04. The van der Waals surface area contributed by atoms with E-state index in [0.717, 1.165) is 31.7 Å². The molecule has 0 saturated carbocycles. The van der Waals surface area contributed by atoms with Crippen LogP contribution in [0.3, 0.4) is 0 Å². The Kier molecular flexibility index (Phi) is 3.87. The van der Waals surface area contributed by atoms with Crippen LogP contribution in [-0.4, -0.2) is 19.3 Å². The number of benzene rings is 1. The summed E-state index contributed by atoms with van der Waals surface area (Å²) in [5.74, 6) is 0. The molecule has 0 aliphatic carbocycles. The van der Waals surface area contributed by atoms with Crippen molar-refractivity contribution in [2.75, 3.05) is 13.2 Å². The summed E-state index contributed by atoms with van der Waals surface area (Å²) in [6.45, 7) is 2.38. The van der Waals surface area contributed by atoms with E-state index in [4.69, 9.17) is 27.9 Å². The van der Waals surface area contributed by atoms with Gasteiger partial charge >= 0.3 is 0 Å². The third-order valence-electron chi connectivity index (χ3n) is 2.54. The highest BCUT2D eigenvalue weighted by Crippen LogP contribution is 2.25. The number of hydrogen-bond acceptors (Lipinski definition) is 2. The van der Waals surface area contributed by atoms with Gasteiger partial charge in [-0.3, -0.25) is 0 Å². The maximum absolute atomic E-state index is 6.08. The molecule has 1 heterocycles. The van der Waals surface area contributed by atoms with E-state index >= 15 is 0 Å². The summed E-state index contributed by atoms with van der Waals surface area (Å²) in [5, 5.41) is 4.65. The van der Waals surface area contributed by atoms with E-state index in [2.05, 4.69) is 5.32 Å². The molecule has 1 N–H and O–H groups in total. The van der Waals surface area contributed by atoms with Gasteiger partial charge in [-0.25, -0.2) is 0 Å². The predicted molar refractivity (Wildman–Crippen MR) is 62.5 cm³/mol. The zero-order valence-corrected chi connectivity index (χ0v) is 9.81. The largest absolute Gasteiger partial charge is 0.380 e. The Balaban J connectivity index is 1.95. The minimum Gasteiger partial charge on any atom is -0.380 e. The molecular formula is C11H13Cl2NO. The van der Waals surface area contributed by atoms with Gasteiger partial charge in [-0.05, 0) is 18.1 Å². The molecule has 2 nitrogen and oxygen atoms in total. The monoisotopic (exact) mass is 245 g/mol. The first-order valence-electron chi connectivity index (χ1n) is 5.01. The van der Waals surface area contributed by atoms with Crippen LogP contribution in [0, 0.1) is 0 Å². The lowest BCUT2D eigenvalue weighted by Crippen LogP contribution is -2.28. The minimum absolute atomic E-state index is 0.444. The summed E-state index contributed by atoms with van der Waals surface area (Å²) in [6.07, 6.45) is 1.07. The van der Waals surface area contributed by atoms with Gasteiger partial charge in [-0.1, -0.05) is 35.3 Å². The second-order valence-electron chi connectivity index (χ2n) is 3.65. The highest BCUT2D eigenvalue weighted by Gasteiger charge is 2.15. The summed E-state index contributed by atoms with van der Waals surface area (Å²) in [4.78, 5) is 0. The van der Waals surface area contributed by atoms with Crippen LogP contribution in [0.4, 0.5) is 0 Å². The fourth-order valence-corrected chi connectivity index (χ4v) is 2.02. The van der Waals surface area contributed by atoms with Gasteiger partial charge < -0.3 is 10.1 Å². The average molecular weight is 246 g/mol. The number of ether oxygens (including phenoxy) is 1. The smallest absolute Gasteiger partial charge is 0.0637 e. The lowest BCUT2D eigenvalue weighted by molar-refractivity contribution is 0.190. The van der Waals surface area contributed by atoms with E-state index in [1.807, 2.05) is 12.1 Å². The maximum atomic E-state index is 6.08. The Bertz CT molecular complexity index is 337. The maximum Gasteiger partial charge on any atom is 0.0637 e. The van der Waals surface area contributed by atoms with Gasteiger partial charge in [0.15, 0.2) is 0 Å². The van der Waals surface area contributed by atoms with Crippen molar-refractivity contribution in [2.45, 2.75) is 19.0 Å². The van der Waals surface area contributed by atoms with Crippen LogP contribution in [-0.2, 0) is 11.3 Å². The zero-order valence-electron chi connectivity index (χ0n) is 8.30. The molecule has 82 valence electrons. The highest BCUT2D eigenvalue weighted by atomic mass is 35.5. The third-order valence-corrected chi connectivity index (χ3v) is 3.40. The molecule has 0 spiro atoms. The molecule has 1 aliphatic heterocycles. The molecule has 1 atom stereocenters. The number of hydrogen-bond donors (Lipinski definition) is 1. The van der Waals surface area contributed by atoms with E-state index < -0.39 is 0 Å². The predicted octanol–water partition coefficient (Wildman–Crippen LogP) is 2.87. The fourth-order valence-electron chi connectivity index (χ4n) is 1.63. The molecule has 1 aromatic carbocycles. The number of rotatable bonds is 3. The van der Waals surface area contributed by atoms with Crippen LogP contribution in [0.2, 0.25) is 10.0 Å². The van der Waals surface area contributed by atoms with E-state index in [-0.39, 0.29) is 0 Å². The van der Waals surface area contributed by atoms with Crippen molar-refractivity contribution in [3.05, 3.63) is 33.8 Å². The molecule has 0 amide bonds. The van der Waals surface area contributed by atoms with Crippen molar-refractivity contribution < 1.29 is 4.74 Å². The molecule has 1 saturated heterocycles. The average Bonchev–Trinajstić information content (AvgIpc) is 2.73. The molecule has 1 aromatic rings. The van der Waals surface area contributed by atoms with Crippen LogP contribution >= 0.6 is 23.2 Å². The first-order valence-corrected chi connectivity index (χ1v) is 5.77. The van der Waals surface area contributed by atoms with Crippen LogP contribution in [0.5, 0.6) is 0 Å². The summed E-state index contributed by atoms with van der Waals surface area (Å²) < 4.78 is 5.28. The number of nitrogens with one attached hydrogen (secondary N) is 1. The first-order chi connectivity index (χ1) is 7.27. The topological polar surface area (TPSA) is 21.3 Å². The van der Waals surface area contributed by atoms with Gasteiger partial charge in [0.05, 0.1) is 16.7 Å². The standard InChI is InChI=1S/C11H13Cl2NO/c12-10-3-1-2-8(11(10)13)6-14-9-4-5-15-7-9/h1-3,9,14H,4-7H2. The minimum atomic E-state index is 0.444. The molecule has 2 rings (SSSR count). The molecule has 1 aliphatic rings. The third kappa shape index (κ3) is 2.85. The van der Waals surface area contributed by atoms with Crippen LogP contribution in [0.25, 0.3) is 0 Å². The van der Waals surface area contributed by atoms with Crippen molar-refractivity contribution in [3.8, 4) is 0 Å². The lowest BCUT2D eigenvalue weighted by atomic mass is 10.2. The quantitative estimate of drug-likeness (QED) is 0.885. The van der Waals surface area contributed by atoms with Gasteiger partial charge in [0.1, 0.15) is 0 Å². The molecule has 15 heavy (non-hydrogen) atoms. The Labute approximate surface area is 99.5 Å². The van der Waals surface area contributed by atoms with Crippen molar-refractivity contribution in [3.63, 3.8) is 0 Å². The zero-order chi connectivity index (χ0) is 10.7. The SMILES string of the molecule is Clc1cccc(CNC2CCOC2)c1Cl. The molecule has 0 aromatic heterocycles. The van der Waals surface area contributed by atoms with Gasteiger partial charge in [-0.15, -0.1) is 0 Å². The molecule has 4 heteroatoms. The van der Waals surface area contributed by atoms with Crippen molar-refractivity contribution >= 4 is 23.2 Å². The van der Waals surface area contributed by atoms with E-state index in [9.17, 15) is 0 Å². The van der Waals surface area contributed by atoms with Crippen LogP contribution in [0.15, 0.2) is 18.2 Å². The normalized spacial score (nSPS) is 20.8. The molecule has 1 unspecified atom stereocenters.